The minimum atomic E-state index is -0.345. The fourth-order valence-corrected chi connectivity index (χ4v) is 4.09. The van der Waals surface area contributed by atoms with Crippen LogP contribution < -0.4 is 10.2 Å². The molecule has 0 bridgehead atoms. The van der Waals surface area contributed by atoms with Crippen LogP contribution in [0.3, 0.4) is 0 Å². The van der Waals surface area contributed by atoms with Crippen molar-refractivity contribution in [2.45, 2.75) is 20.3 Å². The van der Waals surface area contributed by atoms with Crippen LogP contribution in [-0.2, 0) is 9.59 Å². The molecule has 1 aromatic heterocycles. The molecular formula is C20H19N3O2S. The van der Waals surface area contributed by atoms with Crippen LogP contribution in [0.5, 0.6) is 0 Å². The monoisotopic (exact) mass is 365 g/mol. The number of amides is 2. The molecule has 1 aliphatic rings. The molecule has 2 heterocycles. The predicted octanol–water partition coefficient (Wildman–Crippen LogP) is 3.90. The lowest BCUT2D eigenvalue weighted by Crippen LogP contribution is -2.28. The second kappa shape index (κ2) is 6.53. The van der Waals surface area contributed by atoms with Gasteiger partial charge in [-0.3, -0.25) is 9.59 Å². The van der Waals surface area contributed by atoms with Gasteiger partial charge in [-0.1, -0.05) is 17.7 Å². The molecule has 0 aliphatic carbocycles. The predicted molar refractivity (Wildman–Crippen MR) is 105 cm³/mol. The van der Waals surface area contributed by atoms with Crippen LogP contribution in [0.2, 0.25) is 0 Å². The van der Waals surface area contributed by atoms with Gasteiger partial charge in [-0.25, -0.2) is 4.98 Å². The summed E-state index contributed by atoms with van der Waals surface area (Å²) in [6.45, 7) is 4.38. The summed E-state index contributed by atoms with van der Waals surface area (Å²) in [4.78, 5) is 31.1. The van der Waals surface area contributed by atoms with Crippen LogP contribution >= 0.6 is 11.3 Å². The zero-order valence-electron chi connectivity index (χ0n) is 14.7. The van der Waals surface area contributed by atoms with Crippen LogP contribution in [0.15, 0.2) is 42.5 Å². The SMILES string of the molecule is Cc1ccc(N2C[C@@H](C(=O)Nc3ccc4nc(C)sc4c3)CC2=O)cc1. The van der Waals surface area contributed by atoms with Crippen LogP contribution in [0.25, 0.3) is 10.2 Å². The van der Waals surface area contributed by atoms with E-state index in [9.17, 15) is 9.59 Å². The van der Waals surface area contributed by atoms with Crippen molar-refractivity contribution in [3.63, 3.8) is 0 Å². The molecule has 0 saturated carbocycles. The third-order valence-corrected chi connectivity index (χ3v) is 5.54. The van der Waals surface area contributed by atoms with E-state index in [1.807, 2.05) is 56.3 Å². The molecule has 1 fully saturated rings. The summed E-state index contributed by atoms with van der Waals surface area (Å²) >= 11 is 1.60. The van der Waals surface area contributed by atoms with Gasteiger partial charge < -0.3 is 10.2 Å². The van der Waals surface area contributed by atoms with Crippen LogP contribution in [0, 0.1) is 19.8 Å². The van der Waals surface area contributed by atoms with Gasteiger partial charge in [-0.2, -0.15) is 0 Å². The molecule has 2 aromatic carbocycles. The normalized spacial score (nSPS) is 17.1. The Morgan fingerprint density at radius 2 is 1.96 bits per heavy atom. The van der Waals surface area contributed by atoms with E-state index in [0.29, 0.717) is 6.54 Å². The molecule has 132 valence electrons. The molecule has 0 unspecified atom stereocenters. The van der Waals surface area contributed by atoms with Crippen LogP contribution in [0.4, 0.5) is 11.4 Å². The van der Waals surface area contributed by atoms with E-state index in [1.165, 1.54) is 0 Å². The molecule has 1 saturated heterocycles. The molecule has 0 radical (unpaired) electrons. The molecule has 26 heavy (non-hydrogen) atoms. The number of nitrogens with one attached hydrogen (secondary N) is 1. The number of aryl methyl sites for hydroxylation is 2. The number of nitrogens with zero attached hydrogens (tertiary/aromatic N) is 2. The number of benzene rings is 2. The van der Waals surface area contributed by atoms with Gasteiger partial charge in [0.1, 0.15) is 0 Å². The van der Waals surface area contributed by atoms with Gasteiger partial charge in [-0.05, 0) is 44.2 Å². The number of carbonyl (C=O) groups excluding carboxylic acids is 2. The molecular weight excluding hydrogens is 346 g/mol. The lowest BCUT2D eigenvalue weighted by molar-refractivity contribution is -0.122. The second-order valence-electron chi connectivity index (χ2n) is 6.65. The maximum absolute atomic E-state index is 12.6. The Morgan fingerprint density at radius 1 is 1.19 bits per heavy atom. The number of fused-ring (bicyclic) bond motifs is 1. The summed E-state index contributed by atoms with van der Waals surface area (Å²) in [5.74, 6) is -0.473. The van der Waals surface area contributed by atoms with E-state index in [4.69, 9.17) is 0 Å². The highest BCUT2D eigenvalue weighted by Gasteiger charge is 2.35. The first-order chi connectivity index (χ1) is 12.5. The Labute approximate surface area is 155 Å². The third kappa shape index (κ3) is 3.20. The van der Waals surface area contributed by atoms with Crippen LogP contribution in [0.1, 0.15) is 17.0 Å². The van der Waals surface area contributed by atoms with Crippen molar-refractivity contribution < 1.29 is 9.59 Å². The Balaban J connectivity index is 1.47. The molecule has 3 aromatic rings. The van der Waals surface area contributed by atoms with Crippen molar-refractivity contribution >= 4 is 44.7 Å². The van der Waals surface area contributed by atoms with Gasteiger partial charge >= 0.3 is 0 Å². The summed E-state index contributed by atoms with van der Waals surface area (Å²) < 4.78 is 1.05. The Bertz CT molecular complexity index is 994. The Kier molecular flexibility index (Phi) is 4.20. The minimum absolute atomic E-state index is 0.0115. The number of carbonyl (C=O) groups is 2. The quantitative estimate of drug-likeness (QED) is 0.765. The zero-order chi connectivity index (χ0) is 18.3. The molecule has 1 atom stereocenters. The molecule has 0 spiro atoms. The van der Waals surface area contributed by atoms with Crippen molar-refractivity contribution in [1.82, 2.24) is 4.98 Å². The molecule has 5 nitrogen and oxygen atoms in total. The van der Waals surface area contributed by atoms with Crippen molar-refractivity contribution in [3.05, 3.63) is 53.0 Å². The average molecular weight is 365 g/mol. The summed E-state index contributed by atoms with van der Waals surface area (Å²) in [5.41, 5.74) is 3.67. The molecule has 4 rings (SSSR count). The maximum Gasteiger partial charge on any atom is 0.229 e. The fraction of sp³-hybridized carbons (Fsp3) is 0.250. The smallest absolute Gasteiger partial charge is 0.229 e. The number of thiazole rings is 1. The van der Waals surface area contributed by atoms with E-state index in [2.05, 4.69) is 10.3 Å². The second-order valence-corrected chi connectivity index (χ2v) is 7.88. The molecule has 6 heteroatoms. The third-order valence-electron chi connectivity index (χ3n) is 4.60. The number of hydrogen-bond acceptors (Lipinski definition) is 4. The van der Waals surface area contributed by atoms with Gasteiger partial charge in [0.2, 0.25) is 11.8 Å². The van der Waals surface area contributed by atoms with Gasteiger partial charge in [0.15, 0.2) is 0 Å². The van der Waals surface area contributed by atoms with Gasteiger partial charge in [0.05, 0.1) is 21.1 Å². The molecule has 1 aliphatic heterocycles. The summed E-state index contributed by atoms with van der Waals surface area (Å²) in [5, 5.41) is 3.95. The van der Waals surface area contributed by atoms with Crippen molar-refractivity contribution in [1.29, 1.82) is 0 Å². The zero-order valence-corrected chi connectivity index (χ0v) is 15.5. The fourth-order valence-electron chi connectivity index (χ4n) is 3.22. The number of rotatable bonds is 3. The van der Waals surface area contributed by atoms with Crippen molar-refractivity contribution in [2.24, 2.45) is 5.92 Å². The minimum Gasteiger partial charge on any atom is -0.326 e. The van der Waals surface area contributed by atoms with E-state index in [0.717, 1.165) is 32.2 Å². The van der Waals surface area contributed by atoms with E-state index >= 15 is 0 Å². The highest BCUT2D eigenvalue weighted by molar-refractivity contribution is 7.18. The summed E-state index contributed by atoms with van der Waals surface area (Å²) in [6, 6.07) is 13.5. The first-order valence-electron chi connectivity index (χ1n) is 8.55. The largest absolute Gasteiger partial charge is 0.326 e. The number of hydrogen-bond donors (Lipinski definition) is 1. The highest BCUT2D eigenvalue weighted by atomic mass is 32.1. The highest BCUT2D eigenvalue weighted by Crippen LogP contribution is 2.28. The van der Waals surface area contributed by atoms with E-state index < -0.39 is 0 Å². The van der Waals surface area contributed by atoms with Gasteiger partial charge in [0, 0.05) is 24.3 Å². The molecule has 2 amide bonds. The first-order valence-corrected chi connectivity index (χ1v) is 9.36. The lowest BCUT2D eigenvalue weighted by Gasteiger charge is -2.17. The Morgan fingerprint density at radius 3 is 2.73 bits per heavy atom. The standard InChI is InChI=1S/C20H19N3O2S/c1-12-3-6-16(7-4-12)23-11-14(9-19(23)24)20(25)22-15-5-8-17-18(10-15)26-13(2)21-17/h3-8,10,14H,9,11H2,1-2H3,(H,22,25)/t14-/m0/s1. The molecule has 1 N–H and O–H groups in total. The van der Waals surface area contributed by atoms with Crippen molar-refractivity contribution in [3.8, 4) is 0 Å². The summed E-state index contributed by atoms with van der Waals surface area (Å²) in [7, 11) is 0. The lowest BCUT2D eigenvalue weighted by atomic mass is 10.1. The topological polar surface area (TPSA) is 62.3 Å². The summed E-state index contributed by atoms with van der Waals surface area (Å²) in [6.07, 6.45) is 0.238. The maximum atomic E-state index is 12.6. The first kappa shape index (κ1) is 16.7. The van der Waals surface area contributed by atoms with E-state index in [-0.39, 0.29) is 24.2 Å². The average Bonchev–Trinajstić information content (AvgIpc) is 3.17. The van der Waals surface area contributed by atoms with Gasteiger partial charge in [0.25, 0.3) is 0 Å². The number of anilines is 2. The Hall–Kier alpha value is -2.73. The van der Waals surface area contributed by atoms with Gasteiger partial charge in [-0.15, -0.1) is 11.3 Å². The van der Waals surface area contributed by atoms with Crippen LogP contribution in [-0.4, -0.2) is 23.3 Å². The number of aromatic nitrogens is 1. The van der Waals surface area contributed by atoms with Crippen molar-refractivity contribution in [2.75, 3.05) is 16.8 Å². The van der Waals surface area contributed by atoms with E-state index in [1.54, 1.807) is 16.2 Å².